The SMILES string of the molecule is C#CCN1CCC(Nc2ccc(Cl)c(Cl)c2)CC1. The molecular formula is C14H16Cl2N2. The maximum atomic E-state index is 5.99. The monoisotopic (exact) mass is 282 g/mol. The van der Waals surface area contributed by atoms with Crippen LogP contribution in [0.1, 0.15) is 12.8 Å². The van der Waals surface area contributed by atoms with Gasteiger partial charge in [-0.2, -0.15) is 0 Å². The molecule has 1 fully saturated rings. The van der Waals surface area contributed by atoms with Gasteiger partial charge in [-0.05, 0) is 31.0 Å². The minimum absolute atomic E-state index is 0.483. The van der Waals surface area contributed by atoms with Crippen LogP contribution in [0.15, 0.2) is 18.2 Å². The Morgan fingerprint density at radius 3 is 2.61 bits per heavy atom. The van der Waals surface area contributed by atoms with Crippen LogP contribution in [0.4, 0.5) is 5.69 Å². The van der Waals surface area contributed by atoms with E-state index in [-0.39, 0.29) is 0 Å². The van der Waals surface area contributed by atoms with Crippen LogP contribution >= 0.6 is 23.2 Å². The van der Waals surface area contributed by atoms with E-state index in [1.54, 1.807) is 0 Å². The van der Waals surface area contributed by atoms with Gasteiger partial charge in [0.2, 0.25) is 0 Å². The Balaban J connectivity index is 1.88. The Labute approximate surface area is 118 Å². The molecule has 2 rings (SSSR count). The van der Waals surface area contributed by atoms with Crippen LogP contribution in [0.2, 0.25) is 10.0 Å². The summed E-state index contributed by atoms with van der Waals surface area (Å²) in [6, 6.07) is 6.13. The van der Waals surface area contributed by atoms with Gasteiger partial charge in [0.15, 0.2) is 0 Å². The van der Waals surface area contributed by atoms with Crippen LogP contribution in [0.25, 0.3) is 0 Å². The van der Waals surface area contributed by atoms with Crippen molar-refractivity contribution in [1.29, 1.82) is 0 Å². The summed E-state index contributed by atoms with van der Waals surface area (Å²) in [5.41, 5.74) is 1.03. The number of halogens is 2. The summed E-state index contributed by atoms with van der Waals surface area (Å²) < 4.78 is 0. The Morgan fingerprint density at radius 1 is 1.28 bits per heavy atom. The molecule has 1 aromatic carbocycles. The lowest BCUT2D eigenvalue weighted by atomic mass is 10.0. The molecule has 1 saturated heterocycles. The van der Waals surface area contributed by atoms with Crippen LogP contribution in [0.5, 0.6) is 0 Å². The van der Waals surface area contributed by atoms with E-state index in [9.17, 15) is 0 Å². The molecule has 1 N–H and O–H groups in total. The van der Waals surface area contributed by atoms with Crippen molar-refractivity contribution < 1.29 is 0 Å². The standard InChI is InChI=1S/C14H16Cl2N2/c1-2-7-18-8-5-11(6-9-18)17-12-3-4-13(15)14(16)10-12/h1,3-4,10-11,17H,5-9H2. The highest BCUT2D eigenvalue weighted by atomic mass is 35.5. The largest absolute Gasteiger partial charge is 0.382 e. The predicted octanol–water partition coefficient (Wildman–Crippen LogP) is 3.50. The molecule has 0 amide bonds. The summed E-state index contributed by atoms with van der Waals surface area (Å²) in [6.07, 6.45) is 7.51. The summed E-state index contributed by atoms with van der Waals surface area (Å²) in [5.74, 6) is 2.69. The van der Waals surface area contributed by atoms with E-state index in [1.807, 2.05) is 18.2 Å². The number of hydrogen-bond donors (Lipinski definition) is 1. The molecule has 0 bridgehead atoms. The van der Waals surface area contributed by atoms with E-state index >= 15 is 0 Å². The molecule has 0 aromatic heterocycles. The smallest absolute Gasteiger partial charge is 0.0612 e. The summed E-state index contributed by atoms with van der Waals surface area (Å²) in [5, 5.41) is 4.67. The molecule has 0 unspecified atom stereocenters. The van der Waals surface area contributed by atoms with Crippen molar-refractivity contribution in [2.24, 2.45) is 0 Å². The van der Waals surface area contributed by atoms with Crippen molar-refractivity contribution in [3.63, 3.8) is 0 Å². The lowest BCUT2D eigenvalue weighted by Gasteiger charge is -2.31. The molecule has 96 valence electrons. The average molecular weight is 283 g/mol. The normalized spacial score (nSPS) is 17.4. The molecule has 18 heavy (non-hydrogen) atoms. The molecule has 0 spiro atoms. The molecule has 0 aliphatic carbocycles. The van der Waals surface area contributed by atoms with E-state index in [0.29, 0.717) is 16.1 Å². The molecule has 0 saturated carbocycles. The number of piperidine rings is 1. The predicted molar refractivity (Wildman–Crippen MR) is 78.4 cm³/mol. The van der Waals surface area contributed by atoms with E-state index in [0.717, 1.165) is 38.2 Å². The zero-order valence-electron chi connectivity index (χ0n) is 10.1. The number of nitrogens with zero attached hydrogens (tertiary/aromatic N) is 1. The minimum Gasteiger partial charge on any atom is -0.382 e. The van der Waals surface area contributed by atoms with Crippen LogP contribution in [0, 0.1) is 12.3 Å². The third-order valence-electron chi connectivity index (χ3n) is 3.19. The number of nitrogens with one attached hydrogen (secondary N) is 1. The first-order valence-corrected chi connectivity index (χ1v) is 6.82. The number of rotatable bonds is 3. The van der Waals surface area contributed by atoms with Gasteiger partial charge in [-0.1, -0.05) is 29.1 Å². The fourth-order valence-corrected chi connectivity index (χ4v) is 2.48. The number of benzene rings is 1. The highest BCUT2D eigenvalue weighted by Gasteiger charge is 2.18. The van der Waals surface area contributed by atoms with Gasteiger partial charge in [-0.3, -0.25) is 4.90 Å². The van der Waals surface area contributed by atoms with Crippen molar-refractivity contribution in [3.05, 3.63) is 28.2 Å². The molecule has 2 nitrogen and oxygen atoms in total. The number of terminal acetylenes is 1. The van der Waals surface area contributed by atoms with Crippen molar-refractivity contribution in [1.82, 2.24) is 4.90 Å². The fraction of sp³-hybridized carbons (Fsp3) is 0.429. The van der Waals surface area contributed by atoms with Gasteiger partial charge in [-0.25, -0.2) is 0 Å². The maximum Gasteiger partial charge on any atom is 0.0612 e. The Morgan fingerprint density at radius 2 is 2.00 bits per heavy atom. The molecule has 4 heteroatoms. The Bertz CT molecular complexity index is 446. The van der Waals surface area contributed by atoms with Gasteiger partial charge >= 0.3 is 0 Å². The molecule has 1 aromatic rings. The first-order valence-electron chi connectivity index (χ1n) is 6.06. The van der Waals surface area contributed by atoms with Gasteiger partial charge in [0.1, 0.15) is 0 Å². The van der Waals surface area contributed by atoms with Gasteiger partial charge in [0.25, 0.3) is 0 Å². The summed E-state index contributed by atoms with van der Waals surface area (Å²) >= 11 is 11.9. The number of anilines is 1. The second kappa shape index (κ2) is 6.33. The third-order valence-corrected chi connectivity index (χ3v) is 3.93. The minimum atomic E-state index is 0.483. The molecular weight excluding hydrogens is 267 g/mol. The first kappa shape index (κ1) is 13.5. The second-order valence-corrected chi connectivity index (χ2v) is 5.34. The van der Waals surface area contributed by atoms with E-state index in [4.69, 9.17) is 29.6 Å². The lowest BCUT2D eigenvalue weighted by Crippen LogP contribution is -2.39. The van der Waals surface area contributed by atoms with Gasteiger partial charge in [0.05, 0.1) is 16.6 Å². The van der Waals surface area contributed by atoms with E-state index < -0.39 is 0 Å². The quantitative estimate of drug-likeness (QED) is 0.854. The Hall–Kier alpha value is -0.880. The second-order valence-electron chi connectivity index (χ2n) is 4.53. The van der Waals surface area contributed by atoms with E-state index in [1.165, 1.54) is 0 Å². The van der Waals surface area contributed by atoms with Crippen molar-refractivity contribution in [2.75, 3.05) is 25.0 Å². The number of likely N-dealkylation sites (tertiary alicyclic amines) is 1. The summed E-state index contributed by atoms with van der Waals surface area (Å²) in [4.78, 5) is 2.30. The Kier molecular flexibility index (Phi) is 4.77. The zero-order valence-corrected chi connectivity index (χ0v) is 11.6. The van der Waals surface area contributed by atoms with Crippen LogP contribution < -0.4 is 5.32 Å². The van der Waals surface area contributed by atoms with E-state index in [2.05, 4.69) is 16.1 Å². The third kappa shape index (κ3) is 3.55. The molecule has 1 aliphatic heterocycles. The van der Waals surface area contributed by atoms with Crippen molar-refractivity contribution in [2.45, 2.75) is 18.9 Å². The molecule has 1 aliphatic rings. The fourth-order valence-electron chi connectivity index (χ4n) is 2.19. The molecule has 1 heterocycles. The van der Waals surface area contributed by atoms with Gasteiger partial charge in [0, 0.05) is 24.8 Å². The van der Waals surface area contributed by atoms with Gasteiger partial charge in [-0.15, -0.1) is 6.42 Å². The lowest BCUT2D eigenvalue weighted by molar-refractivity contribution is 0.243. The van der Waals surface area contributed by atoms with Crippen molar-refractivity contribution >= 4 is 28.9 Å². The zero-order chi connectivity index (χ0) is 13.0. The van der Waals surface area contributed by atoms with Crippen LogP contribution in [-0.4, -0.2) is 30.6 Å². The van der Waals surface area contributed by atoms with Crippen LogP contribution in [0.3, 0.4) is 0 Å². The maximum absolute atomic E-state index is 5.99. The summed E-state index contributed by atoms with van der Waals surface area (Å²) in [6.45, 7) is 2.84. The highest BCUT2D eigenvalue weighted by Crippen LogP contribution is 2.26. The first-order chi connectivity index (χ1) is 8.69. The van der Waals surface area contributed by atoms with Crippen molar-refractivity contribution in [3.8, 4) is 12.3 Å². The van der Waals surface area contributed by atoms with Crippen LogP contribution in [-0.2, 0) is 0 Å². The van der Waals surface area contributed by atoms with Gasteiger partial charge < -0.3 is 5.32 Å². The topological polar surface area (TPSA) is 15.3 Å². The molecule has 0 radical (unpaired) electrons. The summed E-state index contributed by atoms with van der Waals surface area (Å²) in [7, 11) is 0. The number of hydrogen-bond acceptors (Lipinski definition) is 2. The average Bonchev–Trinajstić information content (AvgIpc) is 2.37. The molecule has 0 atom stereocenters. The highest BCUT2D eigenvalue weighted by molar-refractivity contribution is 6.42.